The van der Waals surface area contributed by atoms with Gasteiger partial charge in [-0.3, -0.25) is 14.9 Å². The van der Waals surface area contributed by atoms with Crippen molar-refractivity contribution in [3.63, 3.8) is 0 Å². The van der Waals surface area contributed by atoms with Crippen molar-refractivity contribution in [2.45, 2.75) is 6.18 Å². The highest BCUT2D eigenvalue weighted by Crippen LogP contribution is 2.27. The van der Waals surface area contributed by atoms with Crippen molar-refractivity contribution in [3.05, 3.63) is 63.7 Å². The number of carbonyl (C=O) groups excluding carboxylic acids is 2. The van der Waals surface area contributed by atoms with Gasteiger partial charge >= 0.3 is 12.1 Å². The highest BCUT2D eigenvalue weighted by atomic mass is 79.9. The second-order valence-corrected chi connectivity index (χ2v) is 7.42. The number of carbonyl (C=O) groups is 2. The van der Waals surface area contributed by atoms with Crippen LogP contribution in [0, 0.1) is 5.82 Å². The van der Waals surface area contributed by atoms with Crippen LogP contribution in [0.1, 0.15) is 10.4 Å². The molecule has 0 atom stereocenters. The van der Waals surface area contributed by atoms with Gasteiger partial charge in [0.1, 0.15) is 5.82 Å². The normalized spacial score (nSPS) is 11.2. The Morgan fingerprint density at radius 2 is 1.72 bits per heavy atom. The summed E-state index contributed by atoms with van der Waals surface area (Å²) in [7, 11) is 0. The average Bonchev–Trinajstić information content (AvgIpc) is 3.11. The maximum Gasteiger partial charge on any atom is 0.471 e. The quantitative estimate of drug-likeness (QED) is 0.479. The van der Waals surface area contributed by atoms with E-state index in [1.807, 2.05) is 24.3 Å². The average molecular weight is 488 g/mol. The topological polar surface area (TPSA) is 71.1 Å². The molecule has 3 rings (SSSR count). The zero-order chi connectivity index (χ0) is 21.2. The fourth-order valence-electron chi connectivity index (χ4n) is 2.21. The number of hydrogen-bond acceptors (Lipinski definition) is 4. The van der Waals surface area contributed by atoms with E-state index in [1.54, 1.807) is 5.38 Å². The van der Waals surface area contributed by atoms with Gasteiger partial charge in [-0.25, -0.2) is 9.37 Å². The molecule has 2 amide bonds. The third-order valence-corrected chi connectivity index (χ3v) is 4.89. The van der Waals surface area contributed by atoms with E-state index < -0.39 is 29.5 Å². The summed E-state index contributed by atoms with van der Waals surface area (Å²) in [6.45, 7) is 0. The minimum Gasteiger partial charge on any atom is -0.316 e. The van der Waals surface area contributed by atoms with Gasteiger partial charge in [0.15, 0.2) is 5.13 Å². The van der Waals surface area contributed by atoms with Crippen LogP contribution in [-0.4, -0.2) is 23.0 Å². The van der Waals surface area contributed by atoms with Crippen molar-refractivity contribution in [2.75, 3.05) is 10.6 Å². The molecule has 29 heavy (non-hydrogen) atoms. The van der Waals surface area contributed by atoms with Crippen molar-refractivity contribution in [1.82, 2.24) is 4.98 Å². The molecule has 2 aromatic carbocycles. The maximum atomic E-state index is 13.7. The molecule has 0 radical (unpaired) electrons. The van der Waals surface area contributed by atoms with E-state index in [0.717, 1.165) is 39.6 Å². The molecule has 2 N–H and O–H groups in total. The first-order valence-corrected chi connectivity index (χ1v) is 9.51. The smallest absolute Gasteiger partial charge is 0.316 e. The SMILES string of the molecule is O=C(Nc1nc(-c2ccc(Br)cc2)cs1)c1ccc(F)c(NC(=O)C(F)(F)F)c1. The molecule has 150 valence electrons. The number of thiazole rings is 1. The Balaban J connectivity index is 1.75. The molecule has 1 heterocycles. The summed E-state index contributed by atoms with van der Waals surface area (Å²) >= 11 is 4.47. The lowest BCUT2D eigenvalue weighted by Gasteiger charge is -2.10. The lowest BCUT2D eigenvalue weighted by molar-refractivity contribution is -0.167. The van der Waals surface area contributed by atoms with E-state index in [1.165, 1.54) is 5.32 Å². The van der Waals surface area contributed by atoms with Gasteiger partial charge in [-0.1, -0.05) is 28.1 Å². The number of rotatable bonds is 4. The number of alkyl halides is 3. The molecular weight excluding hydrogens is 478 g/mol. The Labute approximate surface area is 173 Å². The van der Waals surface area contributed by atoms with Crippen molar-refractivity contribution in [2.24, 2.45) is 0 Å². The third-order valence-electron chi connectivity index (χ3n) is 3.60. The number of nitrogens with one attached hydrogen (secondary N) is 2. The third kappa shape index (κ3) is 5.18. The molecule has 0 unspecified atom stereocenters. The number of hydrogen-bond donors (Lipinski definition) is 2. The van der Waals surface area contributed by atoms with Gasteiger partial charge in [-0.05, 0) is 30.3 Å². The Bertz CT molecular complexity index is 1070. The molecule has 0 aliphatic rings. The first-order chi connectivity index (χ1) is 13.6. The van der Waals surface area contributed by atoms with E-state index in [4.69, 9.17) is 0 Å². The summed E-state index contributed by atoms with van der Waals surface area (Å²) in [5, 5.41) is 5.86. The second kappa shape index (κ2) is 8.29. The van der Waals surface area contributed by atoms with Crippen LogP contribution in [0.5, 0.6) is 0 Å². The van der Waals surface area contributed by atoms with E-state index >= 15 is 0 Å². The lowest BCUT2D eigenvalue weighted by atomic mass is 10.1. The predicted molar refractivity (Wildman–Crippen MR) is 104 cm³/mol. The lowest BCUT2D eigenvalue weighted by Crippen LogP contribution is -2.30. The van der Waals surface area contributed by atoms with Crippen LogP contribution in [-0.2, 0) is 4.79 Å². The number of nitrogens with zero attached hydrogens (tertiary/aromatic N) is 1. The van der Waals surface area contributed by atoms with Gasteiger partial charge in [0.2, 0.25) is 0 Å². The molecular formula is C18H10BrF4N3O2S. The van der Waals surface area contributed by atoms with Crippen LogP contribution in [0.25, 0.3) is 11.3 Å². The summed E-state index contributed by atoms with van der Waals surface area (Å²) in [5.41, 5.74) is 0.540. The molecule has 1 aromatic heterocycles. The van der Waals surface area contributed by atoms with Crippen LogP contribution >= 0.6 is 27.3 Å². The molecule has 3 aromatic rings. The van der Waals surface area contributed by atoms with E-state index in [0.29, 0.717) is 5.69 Å². The highest BCUT2D eigenvalue weighted by Gasteiger charge is 2.39. The van der Waals surface area contributed by atoms with E-state index in [-0.39, 0.29) is 10.7 Å². The zero-order valence-electron chi connectivity index (χ0n) is 14.2. The standard InChI is InChI=1S/C18H10BrF4N3O2S/c19-11-4-1-9(2-5-11)14-8-29-17(25-14)26-15(27)10-3-6-12(20)13(7-10)24-16(28)18(21,22)23/h1-8H,(H,24,28)(H,25,26,27). The predicted octanol–water partition coefficient (Wildman–Crippen LogP) is 5.46. The van der Waals surface area contributed by atoms with Crippen molar-refractivity contribution in [3.8, 4) is 11.3 Å². The summed E-state index contributed by atoms with van der Waals surface area (Å²) in [6, 6.07) is 10.0. The van der Waals surface area contributed by atoms with Crippen molar-refractivity contribution in [1.29, 1.82) is 0 Å². The molecule has 0 aliphatic carbocycles. The number of amides is 2. The molecule has 5 nitrogen and oxygen atoms in total. The maximum absolute atomic E-state index is 13.7. The molecule has 0 aliphatic heterocycles. The minimum atomic E-state index is -5.19. The molecule has 0 bridgehead atoms. The van der Waals surface area contributed by atoms with Crippen LogP contribution in [0.15, 0.2) is 52.3 Å². The Morgan fingerprint density at radius 3 is 2.38 bits per heavy atom. The van der Waals surface area contributed by atoms with Crippen molar-refractivity contribution >= 4 is 49.9 Å². The van der Waals surface area contributed by atoms with Crippen LogP contribution in [0.2, 0.25) is 0 Å². The fraction of sp³-hybridized carbons (Fsp3) is 0.0556. The van der Waals surface area contributed by atoms with Crippen LogP contribution in [0.3, 0.4) is 0 Å². The minimum absolute atomic E-state index is 0.149. The van der Waals surface area contributed by atoms with Gasteiger partial charge in [0, 0.05) is 21.0 Å². The van der Waals surface area contributed by atoms with Crippen LogP contribution in [0.4, 0.5) is 28.4 Å². The molecule has 11 heteroatoms. The molecule has 0 fully saturated rings. The Morgan fingerprint density at radius 1 is 1.03 bits per heavy atom. The van der Waals surface area contributed by atoms with Gasteiger partial charge in [-0.2, -0.15) is 13.2 Å². The Kier molecular flexibility index (Phi) is 5.99. The summed E-state index contributed by atoms with van der Waals surface area (Å²) in [4.78, 5) is 27.6. The van der Waals surface area contributed by atoms with Gasteiger partial charge in [0.25, 0.3) is 5.91 Å². The number of anilines is 2. The van der Waals surface area contributed by atoms with Crippen molar-refractivity contribution < 1.29 is 27.2 Å². The highest BCUT2D eigenvalue weighted by molar-refractivity contribution is 9.10. The van der Waals surface area contributed by atoms with E-state index in [9.17, 15) is 27.2 Å². The van der Waals surface area contributed by atoms with Gasteiger partial charge in [0.05, 0.1) is 11.4 Å². The molecule has 0 spiro atoms. The van der Waals surface area contributed by atoms with E-state index in [2.05, 4.69) is 26.2 Å². The molecule has 0 saturated carbocycles. The summed E-state index contributed by atoms with van der Waals surface area (Å²) in [5.74, 6) is -4.16. The van der Waals surface area contributed by atoms with Gasteiger partial charge in [-0.15, -0.1) is 11.3 Å². The fourth-order valence-corrected chi connectivity index (χ4v) is 3.19. The van der Waals surface area contributed by atoms with Gasteiger partial charge < -0.3 is 5.32 Å². The number of halogens is 5. The number of aromatic nitrogens is 1. The first kappa shape index (κ1) is 20.9. The second-order valence-electron chi connectivity index (χ2n) is 5.65. The zero-order valence-corrected chi connectivity index (χ0v) is 16.6. The number of benzene rings is 2. The molecule has 0 saturated heterocycles. The first-order valence-electron chi connectivity index (χ1n) is 7.84. The summed E-state index contributed by atoms with van der Waals surface area (Å²) < 4.78 is 51.7. The summed E-state index contributed by atoms with van der Waals surface area (Å²) in [6.07, 6.45) is -5.19. The van der Waals surface area contributed by atoms with Crippen LogP contribution < -0.4 is 10.6 Å². The Hall–Kier alpha value is -2.79. The monoisotopic (exact) mass is 487 g/mol. The largest absolute Gasteiger partial charge is 0.471 e.